The molecule has 1 aromatic rings. The number of hydrogen-bond acceptors (Lipinski definition) is 3. The third kappa shape index (κ3) is 4.05. The number of aliphatic carboxylic acids is 1. The first-order valence-electron chi connectivity index (χ1n) is 5.34. The van der Waals surface area contributed by atoms with Crippen LogP contribution in [0.15, 0.2) is 27.1 Å². The van der Waals surface area contributed by atoms with Gasteiger partial charge in [0.05, 0.1) is 12.2 Å². The number of carbonyl (C=O) groups is 1. The summed E-state index contributed by atoms with van der Waals surface area (Å²) >= 11 is 6.63. The number of halogens is 2. The molecule has 3 atom stereocenters. The van der Waals surface area contributed by atoms with E-state index in [1.807, 2.05) is 0 Å². The van der Waals surface area contributed by atoms with Gasteiger partial charge >= 0.3 is 5.97 Å². The quantitative estimate of drug-likeness (QED) is 0.822. The molecule has 100 valence electrons. The van der Waals surface area contributed by atoms with E-state index < -0.39 is 24.3 Å². The highest BCUT2D eigenvalue weighted by Crippen LogP contribution is 2.29. The molecule has 1 rings (SSSR count). The van der Waals surface area contributed by atoms with Gasteiger partial charge in [0.1, 0.15) is 0 Å². The third-order valence-corrected chi connectivity index (χ3v) is 4.38. The number of rotatable bonds is 5. The molecule has 4 nitrogen and oxygen atoms in total. The van der Waals surface area contributed by atoms with Crippen LogP contribution in [-0.4, -0.2) is 28.4 Å². The van der Waals surface area contributed by atoms with Crippen LogP contribution in [0.5, 0.6) is 0 Å². The Hall–Kier alpha value is -0.430. The Labute approximate surface area is 122 Å². The van der Waals surface area contributed by atoms with Crippen LogP contribution in [0.2, 0.25) is 0 Å². The summed E-state index contributed by atoms with van der Waals surface area (Å²) in [6.45, 7) is 3.19. The fourth-order valence-electron chi connectivity index (χ4n) is 1.28. The molecule has 0 fully saturated rings. The summed E-state index contributed by atoms with van der Waals surface area (Å²) in [5.74, 6) is -1.09. The maximum Gasteiger partial charge on any atom is 0.337 e. The van der Waals surface area contributed by atoms with Crippen LogP contribution >= 0.6 is 31.9 Å². The van der Waals surface area contributed by atoms with Gasteiger partial charge in [0.25, 0.3) is 0 Å². The summed E-state index contributed by atoms with van der Waals surface area (Å²) < 4.78 is 6.95. The Bertz CT molecular complexity index is 434. The SMILES string of the molecule is CC(O)C(C)OC(C(=O)O)c1ccc(Br)c(Br)c1. The van der Waals surface area contributed by atoms with E-state index in [0.717, 1.165) is 8.95 Å². The molecule has 0 spiro atoms. The summed E-state index contributed by atoms with van der Waals surface area (Å²) in [7, 11) is 0. The smallest absolute Gasteiger partial charge is 0.337 e. The molecule has 18 heavy (non-hydrogen) atoms. The average molecular weight is 382 g/mol. The van der Waals surface area contributed by atoms with Gasteiger partial charge in [0.2, 0.25) is 0 Å². The molecular weight excluding hydrogens is 368 g/mol. The van der Waals surface area contributed by atoms with Gasteiger partial charge in [-0.05, 0) is 63.4 Å². The van der Waals surface area contributed by atoms with E-state index in [1.165, 1.54) is 0 Å². The van der Waals surface area contributed by atoms with E-state index in [1.54, 1.807) is 32.0 Å². The Morgan fingerprint density at radius 2 is 1.89 bits per heavy atom. The molecule has 6 heteroatoms. The zero-order chi connectivity index (χ0) is 13.9. The first kappa shape index (κ1) is 15.6. The molecule has 0 aliphatic heterocycles. The molecule has 0 radical (unpaired) electrons. The Morgan fingerprint density at radius 1 is 1.28 bits per heavy atom. The number of carboxylic acid groups (broad SMARTS) is 1. The van der Waals surface area contributed by atoms with Gasteiger partial charge in [-0.15, -0.1) is 0 Å². The van der Waals surface area contributed by atoms with E-state index in [0.29, 0.717) is 5.56 Å². The second kappa shape index (κ2) is 6.65. The first-order valence-corrected chi connectivity index (χ1v) is 6.92. The summed E-state index contributed by atoms with van der Waals surface area (Å²) in [6, 6.07) is 5.09. The second-order valence-corrected chi connectivity index (χ2v) is 5.68. The van der Waals surface area contributed by atoms with Crippen molar-refractivity contribution in [3.8, 4) is 0 Å². The summed E-state index contributed by atoms with van der Waals surface area (Å²) in [4.78, 5) is 11.2. The molecule has 0 heterocycles. The Morgan fingerprint density at radius 3 is 2.33 bits per heavy atom. The topological polar surface area (TPSA) is 66.8 Å². The highest BCUT2D eigenvalue weighted by atomic mass is 79.9. The third-order valence-electron chi connectivity index (χ3n) is 2.50. The van der Waals surface area contributed by atoms with E-state index >= 15 is 0 Å². The monoisotopic (exact) mass is 380 g/mol. The first-order chi connectivity index (χ1) is 8.32. The van der Waals surface area contributed by atoms with Crippen molar-refractivity contribution in [3.05, 3.63) is 32.7 Å². The van der Waals surface area contributed by atoms with E-state index in [9.17, 15) is 15.0 Å². The van der Waals surface area contributed by atoms with E-state index in [4.69, 9.17) is 4.74 Å². The number of aliphatic hydroxyl groups is 1. The molecule has 3 unspecified atom stereocenters. The number of ether oxygens (including phenoxy) is 1. The molecule has 1 aromatic carbocycles. The lowest BCUT2D eigenvalue weighted by Crippen LogP contribution is -2.28. The standard InChI is InChI=1S/C12H14Br2O4/c1-6(15)7(2)18-11(12(16)17)8-3-4-9(13)10(14)5-8/h3-7,11,15H,1-2H3,(H,16,17). The lowest BCUT2D eigenvalue weighted by Gasteiger charge is -2.21. The number of aliphatic hydroxyl groups excluding tert-OH is 1. The van der Waals surface area contributed by atoms with Crippen molar-refractivity contribution in [2.75, 3.05) is 0 Å². The number of benzene rings is 1. The fraction of sp³-hybridized carbons (Fsp3) is 0.417. The van der Waals surface area contributed by atoms with Crippen LogP contribution < -0.4 is 0 Å². The molecule has 0 bridgehead atoms. The number of hydrogen-bond donors (Lipinski definition) is 2. The van der Waals surface area contributed by atoms with E-state index in [-0.39, 0.29) is 0 Å². The highest BCUT2D eigenvalue weighted by molar-refractivity contribution is 9.13. The van der Waals surface area contributed by atoms with Crippen molar-refractivity contribution >= 4 is 37.8 Å². The lowest BCUT2D eigenvalue weighted by molar-refractivity contribution is -0.158. The van der Waals surface area contributed by atoms with E-state index in [2.05, 4.69) is 31.9 Å². The van der Waals surface area contributed by atoms with Gasteiger partial charge in [-0.3, -0.25) is 0 Å². The van der Waals surface area contributed by atoms with Gasteiger partial charge in [-0.25, -0.2) is 4.79 Å². The molecule has 0 aromatic heterocycles. The molecule has 0 aliphatic carbocycles. The fourth-order valence-corrected chi connectivity index (χ4v) is 1.93. The van der Waals surface area contributed by atoms with Gasteiger partial charge < -0.3 is 14.9 Å². The van der Waals surface area contributed by atoms with Crippen LogP contribution in [0, 0.1) is 0 Å². The van der Waals surface area contributed by atoms with Crippen molar-refractivity contribution in [3.63, 3.8) is 0 Å². The summed E-state index contributed by atoms with van der Waals surface area (Å²) in [6.07, 6.45) is -2.39. The van der Waals surface area contributed by atoms with Crippen LogP contribution in [0.4, 0.5) is 0 Å². The van der Waals surface area contributed by atoms with Gasteiger partial charge in [-0.2, -0.15) is 0 Å². The van der Waals surface area contributed by atoms with Crippen LogP contribution in [0.1, 0.15) is 25.5 Å². The molecule has 0 saturated heterocycles. The number of carboxylic acids is 1. The van der Waals surface area contributed by atoms with Crippen LogP contribution in [0.3, 0.4) is 0 Å². The highest BCUT2D eigenvalue weighted by Gasteiger charge is 2.25. The second-order valence-electron chi connectivity index (χ2n) is 3.97. The maximum atomic E-state index is 11.2. The Kier molecular flexibility index (Phi) is 5.78. The molecule has 0 aliphatic rings. The molecule has 2 N–H and O–H groups in total. The van der Waals surface area contributed by atoms with Crippen molar-refractivity contribution in [2.24, 2.45) is 0 Å². The maximum absolute atomic E-state index is 11.2. The molecule has 0 amide bonds. The van der Waals surface area contributed by atoms with Crippen LogP contribution in [0.25, 0.3) is 0 Å². The minimum Gasteiger partial charge on any atom is -0.479 e. The average Bonchev–Trinajstić information content (AvgIpc) is 2.29. The normalized spacial score (nSPS) is 16.1. The van der Waals surface area contributed by atoms with Crippen LogP contribution in [-0.2, 0) is 9.53 Å². The summed E-state index contributed by atoms with van der Waals surface area (Å²) in [5.41, 5.74) is 0.519. The Balaban J connectivity index is 2.97. The van der Waals surface area contributed by atoms with Gasteiger partial charge in [-0.1, -0.05) is 6.07 Å². The largest absolute Gasteiger partial charge is 0.479 e. The minimum absolute atomic E-state index is 0.519. The zero-order valence-corrected chi connectivity index (χ0v) is 13.1. The predicted molar refractivity (Wildman–Crippen MR) is 74.4 cm³/mol. The molecule has 0 saturated carbocycles. The molecular formula is C12H14Br2O4. The van der Waals surface area contributed by atoms with Gasteiger partial charge in [0.15, 0.2) is 6.10 Å². The zero-order valence-electron chi connectivity index (χ0n) is 9.93. The predicted octanol–water partition coefficient (Wildman–Crippen LogP) is 3.12. The van der Waals surface area contributed by atoms with Crippen molar-refractivity contribution in [1.29, 1.82) is 0 Å². The van der Waals surface area contributed by atoms with Crippen molar-refractivity contribution in [2.45, 2.75) is 32.2 Å². The minimum atomic E-state index is -1.10. The summed E-state index contributed by atoms with van der Waals surface area (Å²) in [5, 5.41) is 18.5. The van der Waals surface area contributed by atoms with Crippen molar-refractivity contribution in [1.82, 2.24) is 0 Å². The van der Waals surface area contributed by atoms with Gasteiger partial charge in [0, 0.05) is 8.95 Å². The lowest BCUT2D eigenvalue weighted by atomic mass is 10.1. The van der Waals surface area contributed by atoms with Crippen molar-refractivity contribution < 1.29 is 19.7 Å².